The van der Waals surface area contributed by atoms with E-state index in [0.29, 0.717) is 11.3 Å². The first kappa shape index (κ1) is 18.5. The fourth-order valence-electron chi connectivity index (χ4n) is 3.49. The van der Waals surface area contributed by atoms with Crippen LogP contribution in [0.3, 0.4) is 0 Å². The number of furan rings is 1. The molecule has 1 aliphatic rings. The molecule has 3 rings (SSSR count). The Kier molecular flexibility index (Phi) is 4.60. The summed E-state index contributed by atoms with van der Waals surface area (Å²) in [5.41, 5.74) is 1.82. The maximum Gasteiger partial charge on any atom is 0.251 e. The molecular weight excluding hydrogens is 352 g/mol. The van der Waals surface area contributed by atoms with E-state index in [1.807, 2.05) is 13.0 Å². The van der Waals surface area contributed by atoms with E-state index >= 15 is 0 Å². The number of hydrogen-bond donors (Lipinski definition) is 2. The van der Waals surface area contributed by atoms with Crippen molar-refractivity contribution in [3.63, 3.8) is 0 Å². The SMILES string of the molecule is Cc1cc2c(o1)CC(C)(C)C[C@@H]2NC(=O)c1cccc(NS(C)(=O)=O)c1. The topological polar surface area (TPSA) is 88.4 Å². The molecule has 140 valence electrons. The summed E-state index contributed by atoms with van der Waals surface area (Å²) in [7, 11) is -3.39. The molecule has 2 aromatic rings. The molecule has 0 fully saturated rings. The number of anilines is 1. The van der Waals surface area contributed by atoms with Gasteiger partial charge >= 0.3 is 0 Å². The first-order valence-electron chi connectivity index (χ1n) is 8.50. The van der Waals surface area contributed by atoms with Crippen molar-refractivity contribution < 1.29 is 17.6 Å². The van der Waals surface area contributed by atoms with Crippen molar-refractivity contribution in [2.75, 3.05) is 11.0 Å². The smallest absolute Gasteiger partial charge is 0.251 e. The van der Waals surface area contributed by atoms with Crippen LogP contribution in [-0.4, -0.2) is 20.6 Å². The minimum atomic E-state index is -3.39. The van der Waals surface area contributed by atoms with Crippen molar-refractivity contribution in [1.82, 2.24) is 5.32 Å². The third-order valence-corrected chi connectivity index (χ3v) is 5.08. The average molecular weight is 376 g/mol. The Morgan fingerprint density at radius 1 is 1.27 bits per heavy atom. The number of amides is 1. The van der Waals surface area contributed by atoms with E-state index in [2.05, 4.69) is 23.9 Å². The number of rotatable bonds is 4. The van der Waals surface area contributed by atoms with Crippen LogP contribution >= 0.6 is 0 Å². The summed E-state index contributed by atoms with van der Waals surface area (Å²) in [5, 5.41) is 3.07. The monoisotopic (exact) mass is 376 g/mol. The Labute approximate surface area is 154 Å². The van der Waals surface area contributed by atoms with Gasteiger partial charge in [0, 0.05) is 23.2 Å². The Hall–Kier alpha value is -2.28. The molecule has 1 amide bonds. The highest BCUT2D eigenvalue weighted by Gasteiger charge is 2.35. The fourth-order valence-corrected chi connectivity index (χ4v) is 4.05. The Morgan fingerprint density at radius 2 is 2.00 bits per heavy atom. The van der Waals surface area contributed by atoms with Crippen LogP contribution in [0, 0.1) is 12.3 Å². The number of benzene rings is 1. The lowest BCUT2D eigenvalue weighted by Gasteiger charge is -2.34. The van der Waals surface area contributed by atoms with Gasteiger partial charge in [-0.05, 0) is 43.0 Å². The molecule has 0 radical (unpaired) electrons. The van der Waals surface area contributed by atoms with Gasteiger partial charge in [-0.15, -0.1) is 0 Å². The van der Waals surface area contributed by atoms with E-state index < -0.39 is 10.0 Å². The standard InChI is InChI=1S/C19H24N2O4S/c1-12-8-15-16(10-19(2,3)11-17(15)25-12)20-18(22)13-6-5-7-14(9-13)21-26(4,23)24/h5-9,16,21H,10-11H2,1-4H3,(H,20,22)/t16-/m0/s1. The zero-order valence-electron chi connectivity index (χ0n) is 15.4. The van der Waals surface area contributed by atoms with E-state index in [1.54, 1.807) is 18.2 Å². The number of carbonyl (C=O) groups is 1. The molecule has 0 saturated carbocycles. The summed E-state index contributed by atoms with van der Waals surface area (Å²) in [6.07, 6.45) is 2.73. The van der Waals surface area contributed by atoms with Crippen LogP contribution in [0.1, 0.15) is 53.8 Å². The molecular formula is C19H24N2O4S. The average Bonchev–Trinajstić information content (AvgIpc) is 2.84. The number of carbonyl (C=O) groups excluding carboxylic acids is 1. The molecule has 0 unspecified atom stereocenters. The summed E-state index contributed by atoms with van der Waals surface area (Å²) in [5.74, 6) is 1.53. The van der Waals surface area contributed by atoms with Crippen molar-refractivity contribution in [1.29, 1.82) is 0 Å². The van der Waals surface area contributed by atoms with E-state index in [9.17, 15) is 13.2 Å². The predicted octanol–water partition coefficient (Wildman–Crippen LogP) is 3.40. The van der Waals surface area contributed by atoms with E-state index in [4.69, 9.17) is 4.42 Å². The minimum absolute atomic E-state index is 0.0228. The van der Waals surface area contributed by atoms with Crippen LogP contribution in [0.5, 0.6) is 0 Å². The van der Waals surface area contributed by atoms with Crippen molar-refractivity contribution in [3.05, 3.63) is 53.0 Å². The second-order valence-corrected chi connectivity index (χ2v) is 9.51. The van der Waals surface area contributed by atoms with Gasteiger partial charge in [0.25, 0.3) is 5.91 Å². The van der Waals surface area contributed by atoms with Gasteiger partial charge in [0.05, 0.1) is 12.3 Å². The molecule has 0 spiro atoms. The number of sulfonamides is 1. The molecule has 26 heavy (non-hydrogen) atoms. The second-order valence-electron chi connectivity index (χ2n) is 7.76. The normalized spacial score (nSPS) is 18.8. The maximum atomic E-state index is 12.7. The van der Waals surface area contributed by atoms with Gasteiger partial charge in [0.15, 0.2) is 0 Å². The molecule has 2 N–H and O–H groups in total. The van der Waals surface area contributed by atoms with Crippen LogP contribution in [-0.2, 0) is 16.4 Å². The van der Waals surface area contributed by atoms with Gasteiger partial charge in [-0.2, -0.15) is 0 Å². The van der Waals surface area contributed by atoms with Gasteiger partial charge < -0.3 is 9.73 Å². The molecule has 1 aliphatic carbocycles. The minimum Gasteiger partial charge on any atom is -0.466 e. The zero-order chi connectivity index (χ0) is 19.1. The van der Waals surface area contributed by atoms with Crippen molar-refractivity contribution in [2.45, 2.75) is 39.7 Å². The molecule has 0 bridgehead atoms. The molecule has 1 atom stereocenters. The van der Waals surface area contributed by atoms with Gasteiger partial charge in [-0.1, -0.05) is 19.9 Å². The second kappa shape index (κ2) is 6.46. The van der Waals surface area contributed by atoms with Crippen molar-refractivity contribution >= 4 is 21.6 Å². The summed E-state index contributed by atoms with van der Waals surface area (Å²) < 4.78 is 31.0. The van der Waals surface area contributed by atoms with Crippen LogP contribution < -0.4 is 10.0 Å². The summed E-state index contributed by atoms with van der Waals surface area (Å²) in [6.45, 7) is 6.22. The number of hydrogen-bond acceptors (Lipinski definition) is 4. The summed E-state index contributed by atoms with van der Waals surface area (Å²) in [4.78, 5) is 12.7. The maximum absolute atomic E-state index is 12.7. The van der Waals surface area contributed by atoms with Gasteiger partial charge in [-0.25, -0.2) is 8.42 Å². The first-order valence-corrected chi connectivity index (χ1v) is 10.4. The van der Waals surface area contributed by atoms with Crippen LogP contribution in [0.25, 0.3) is 0 Å². The first-order chi connectivity index (χ1) is 12.0. The summed E-state index contributed by atoms with van der Waals surface area (Å²) in [6, 6.07) is 8.31. The molecule has 1 heterocycles. The van der Waals surface area contributed by atoms with E-state index in [-0.39, 0.29) is 17.4 Å². The highest BCUT2D eigenvalue weighted by atomic mass is 32.2. The van der Waals surface area contributed by atoms with Gasteiger partial charge in [-0.3, -0.25) is 9.52 Å². The lowest BCUT2D eigenvalue weighted by molar-refractivity contribution is 0.0917. The largest absolute Gasteiger partial charge is 0.466 e. The molecule has 6 nitrogen and oxygen atoms in total. The lowest BCUT2D eigenvalue weighted by atomic mass is 9.74. The molecule has 0 aliphatic heterocycles. The van der Waals surface area contributed by atoms with Crippen LogP contribution in [0.4, 0.5) is 5.69 Å². The highest BCUT2D eigenvalue weighted by molar-refractivity contribution is 7.92. The molecule has 1 aromatic carbocycles. The molecule has 7 heteroatoms. The van der Waals surface area contributed by atoms with Crippen LogP contribution in [0.2, 0.25) is 0 Å². The Morgan fingerprint density at radius 3 is 2.69 bits per heavy atom. The third kappa shape index (κ3) is 4.27. The lowest BCUT2D eigenvalue weighted by Crippen LogP contribution is -2.36. The Bertz CT molecular complexity index is 944. The van der Waals surface area contributed by atoms with Gasteiger partial charge in [0.2, 0.25) is 10.0 Å². The molecule has 0 saturated heterocycles. The van der Waals surface area contributed by atoms with Crippen molar-refractivity contribution in [2.24, 2.45) is 5.41 Å². The highest BCUT2D eigenvalue weighted by Crippen LogP contribution is 2.42. The van der Waals surface area contributed by atoms with Gasteiger partial charge in [0.1, 0.15) is 11.5 Å². The number of nitrogens with one attached hydrogen (secondary N) is 2. The summed E-state index contributed by atoms with van der Waals surface area (Å²) >= 11 is 0. The fraction of sp³-hybridized carbons (Fsp3) is 0.421. The number of fused-ring (bicyclic) bond motifs is 1. The van der Waals surface area contributed by atoms with Crippen LogP contribution in [0.15, 0.2) is 34.7 Å². The number of aryl methyl sites for hydroxylation is 1. The Balaban J connectivity index is 1.83. The predicted molar refractivity (Wildman–Crippen MR) is 101 cm³/mol. The van der Waals surface area contributed by atoms with E-state index in [1.165, 1.54) is 6.07 Å². The molecule has 1 aromatic heterocycles. The third-order valence-electron chi connectivity index (χ3n) is 4.47. The quantitative estimate of drug-likeness (QED) is 0.856. The zero-order valence-corrected chi connectivity index (χ0v) is 16.2. The van der Waals surface area contributed by atoms with E-state index in [0.717, 1.165) is 36.2 Å². The van der Waals surface area contributed by atoms with Crippen molar-refractivity contribution in [3.8, 4) is 0 Å².